The second kappa shape index (κ2) is 5.81. The van der Waals surface area contributed by atoms with E-state index in [0.717, 1.165) is 10.7 Å². The zero-order valence-electron chi connectivity index (χ0n) is 11.8. The van der Waals surface area contributed by atoms with E-state index in [1.807, 2.05) is 0 Å². The summed E-state index contributed by atoms with van der Waals surface area (Å²) in [6.07, 6.45) is -0.222. The fraction of sp³-hybridized carbons (Fsp3) is 0.133. The van der Waals surface area contributed by atoms with Gasteiger partial charge in [-0.3, -0.25) is 9.97 Å². The number of hydrogen-bond acceptors (Lipinski definition) is 4. The molecule has 3 heterocycles. The van der Waals surface area contributed by atoms with Gasteiger partial charge in [-0.15, -0.1) is 0 Å². The van der Waals surface area contributed by atoms with E-state index in [1.165, 1.54) is 18.5 Å². The number of aromatic nitrogens is 4. The Morgan fingerprint density at radius 2 is 1.96 bits per heavy atom. The van der Waals surface area contributed by atoms with Gasteiger partial charge in [0.05, 0.1) is 23.3 Å². The molecule has 0 amide bonds. The minimum Gasteiger partial charge on any atom is -0.325 e. The van der Waals surface area contributed by atoms with Crippen molar-refractivity contribution >= 4 is 0 Å². The molecule has 0 unspecified atom stereocenters. The van der Waals surface area contributed by atoms with Crippen LogP contribution in [0.1, 0.15) is 11.4 Å². The van der Waals surface area contributed by atoms with Crippen LogP contribution >= 0.6 is 0 Å². The van der Waals surface area contributed by atoms with E-state index < -0.39 is 11.9 Å². The number of pyridine rings is 2. The van der Waals surface area contributed by atoms with Crippen molar-refractivity contribution in [3.63, 3.8) is 0 Å². The fourth-order valence-electron chi connectivity index (χ4n) is 2.10. The Hall–Kier alpha value is -2.74. The lowest BCUT2D eigenvalue weighted by molar-refractivity contribution is -0.142. The van der Waals surface area contributed by atoms with Crippen molar-refractivity contribution < 1.29 is 13.2 Å². The molecule has 118 valence electrons. The second-order valence-electron chi connectivity index (χ2n) is 4.78. The van der Waals surface area contributed by atoms with Gasteiger partial charge in [-0.25, -0.2) is 4.68 Å². The standard InChI is InChI=1S/C15H12F3N5/c16-15(17,18)14-6-13(10-2-1-5-20-8-10)22-23(14)12-4-3-11(7-19)21-9-12/h1-6,8-9H,7,19H2. The van der Waals surface area contributed by atoms with Crippen LogP contribution in [0.15, 0.2) is 48.9 Å². The molecule has 3 rings (SSSR count). The molecule has 5 nitrogen and oxygen atoms in total. The second-order valence-corrected chi connectivity index (χ2v) is 4.78. The van der Waals surface area contributed by atoms with E-state index in [1.54, 1.807) is 24.4 Å². The topological polar surface area (TPSA) is 69.6 Å². The number of alkyl halides is 3. The zero-order valence-corrected chi connectivity index (χ0v) is 11.8. The highest BCUT2D eigenvalue weighted by Crippen LogP contribution is 2.33. The predicted octanol–water partition coefficient (Wildman–Crippen LogP) is 2.81. The van der Waals surface area contributed by atoms with Crippen molar-refractivity contribution in [3.8, 4) is 16.9 Å². The number of hydrogen-bond donors (Lipinski definition) is 1. The average molecular weight is 319 g/mol. The van der Waals surface area contributed by atoms with E-state index in [4.69, 9.17) is 5.73 Å². The molecule has 0 aliphatic heterocycles. The summed E-state index contributed by atoms with van der Waals surface area (Å²) < 4.78 is 40.7. The predicted molar refractivity (Wildman–Crippen MR) is 77.5 cm³/mol. The van der Waals surface area contributed by atoms with Crippen molar-refractivity contribution in [1.29, 1.82) is 0 Å². The monoisotopic (exact) mass is 319 g/mol. The average Bonchev–Trinajstić information content (AvgIpc) is 3.01. The van der Waals surface area contributed by atoms with Gasteiger partial charge in [-0.1, -0.05) is 0 Å². The van der Waals surface area contributed by atoms with Crippen molar-refractivity contribution in [2.75, 3.05) is 0 Å². The molecule has 0 aliphatic carbocycles. The smallest absolute Gasteiger partial charge is 0.325 e. The van der Waals surface area contributed by atoms with Gasteiger partial charge in [-0.05, 0) is 30.3 Å². The Balaban J connectivity index is 2.12. The quantitative estimate of drug-likeness (QED) is 0.806. The Kier molecular flexibility index (Phi) is 3.83. The van der Waals surface area contributed by atoms with Crippen LogP contribution < -0.4 is 5.73 Å². The molecule has 3 aromatic heterocycles. The summed E-state index contributed by atoms with van der Waals surface area (Å²) >= 11 is 0. The maximum Gasteiger partial charge on any atom is 0.433 e. The van der Waals surface area contributed by atoms with E-state index >= 15 is 0 Å². The Morgan fingerprint density at radius 3 is 2.52 bits per heavy atom. The van der Waals surface area contributed by atoms with Crippen molar-refractivity contribution in [2.24, 2.45) is 5.73 Å². The lowest BCUT2D eigenvalue weighted by atomic mass is 10.2. The minimum atomic E-state index is -4.54. The van der Waals surface area contributed by atoms with Gasteiger partial charge >= 0.3 is 6.18 Å². The molecule has 8 heteroatoms. The fourth-order valence-corrected chi connectivity index (χ4v) is 2.10. The summed E-state index contributed by atoms with van der Waals surface area (Å²) in [7, 11) is 0. The number of halogens is 3. The third kappa shape index (κ3) is 3.07. The largest absolute Gasteiger partial charge is 0.433 e. The van der Waals surface area contributed by atoms with E-state index in [2.05, 4.69) is 15.1 Å². The van der Waals surface area contributed by atoms with Crippen LogP contribution in [0.5, 0.6) is 0 Å². The minimum absolute atomic E-state index is 0.188. The van der Waals surface area contributed by atoms with E-state index in [0.29, 0.717) is 11.3 Å². The van der Waals surface area contributed by atoms with Crippen LogP contribution in [0.25, 0.3) is 16.9 Å². The van der Waals surface area contributed by atoms with Gasteiger partial charge in [0.25, 0.3) is 0 Å². The normalized spacial score (nSPS) is 11.7. The molecule has 3 aromatic rings. The van der Waals surface area contributed by atoms with Crippen molar-refractivity contribution in [2.45, 2.75) is 12.7 Å². The highest BCUT2D eigenvalue weighted by molar-refractivity contribution is 5.59. The van der Waals surface area contributed by atoms with Crippen LogP contribution in [0.3, 0.4) is 0 Å². The maximum atomic E-state index is 13.3. The highest BCUT2D eigenvalue weighted by atomic mass is 19.4. The van der Waals surface area contributed by atoms with Gasteiger partial charge in [-0.2, -0.15) is 18.3 Å². The first kappa shape index (κ1) is 15.2. The SMILES string of the molecule is NCc1ccc(-n2nc(-c3cccnc3)cc2C(F)(F)F)cn1. The summed E-state index contributed by atoms with van der Waals surface area (Å²) in [5.41, 5.74) is 6.06. The molecule has 0 spiro atoms. The van der Waals surface area contributed by atoms with Crippen molar-refractivity contribution in [3.05, 3.63) is 60.3 Å². The van der Waals surface area contributed by atoms with Gasteiger partial charge in [0.1, 0.15) is 5.69 Å². The molecule has 2 N–H and O–H groups in total. The third-order valence-corrected chi connectivity index (χ3v) is 3.22. The summed E-state index contributed by atoms with van der Waals surface area (Å²) in [6.45, 7) is 0.215. The van der Waals surface area contributed by atoms with Crippen LogP contribution in [-0.2, 0) is 12.7 Å². The number of nitrogens with zero attached hydrogens (tertiary/aromatic N) is 4. The number of rotatable bonds is 3. The lowest BCUT2D eigenvalue weighted by Crippen LogP contribution is -2.13. The Morgan fingerprint density at radius 1 is 1.13 bits per heavy atom. The first-order valence-electron chi connectivity index (χ1n) is 6.72. The molecule has 0 fully saturated rings. The lowest BCUT2D eigenvalue weighted by Gasteiger charge is -2.10. The molecule has 0 aliphatic rings. The summed E-state index contributed by atoms with van der Waals surface area (Å²) in [4.78, 5) is 7.91. The zero-order chi connectivity index (χ0) is 16.4. The third-order valence-electron chi connectivity index (χ3n) is 3.22. The molecule has 0 saturated heterocycles. The summed E-state index contributed by atoms with van der Waals surface area (Å²) in [5, 5.41) is 4.06. The molecule has 0 aromatic carbocycles. The van der Waals surface area contributed by atoms with Gasteiger partial charge < -0.3 is 5.73 Å². The molecule has 0 bridgehead atoms. The first-order chi connectivity index (χ1) is 11.0. The van der Waals surface area contributed by atoms with E-state index in [-0.39, 0.29) is 17.9 Å². The Bertz CT molecular complexity index is 794. The molecule has 0 atom stereocenters. The molecule has 0 saturated carbocycles. The first-order valence-corrected chi connectivity index (χ1v) is 6.72. The van der Waals surface area contributed by atoms with Crippen LogP contribution in [0.2, 0.25) is 0 Å². The maximum absolute atomic E-state index is 13.3. The molecular formula is C15H12F3N5. The van der Waals surface area contributed by atoms with Gasteiger partial charge in [0, 0.05) is 24.5 Å². The van der Waals surface area contributed by atoms with E-state index in [9.17, 15) is 13.2 Å². The number of nitrogens with two attached hydrogens (primary N) is 1. The van der Waals surface area contributed by atoms with Crippen LogP contribution in [0.4, 0.5) is 13.2 Å². The molecule has 23 heavy (non-hydrogen) atoms. The molecular weight excluding hydrogens is 307 g/mol. The Labute approximate surface area is 129 Å². The highest BCUT2D eigenvalue weighted by Gasteiger charge is 2.36. The summed E-state index contributed by atoms with van der Waals surface area (Å²) in [6, 6.07) is 7.36. The van der Waals surface area contributed by atoms with Crippen LogP contribution in [-0.4, -0.2) is 19.7 Å². The van der Waals surface area contributed by atoms with Crippen LogP contribution in [0, 0.1) is 0 Å². The van der Waals surface area contributed by atoms with Gasteiger partial charge in [0.2, 0.25) is 0 Å². The summed E-state index contributed by atoms with van der Waals surface area (Å²) in [5.74, 6) is 0. The van der Waals surface area contributed by atoms with Gasteiger partial charge in [0.15, 0.2) is 0 Å². The van der Waals surface area contributed by atoms with Crippen molar-refractivity contribution in [1.82, 2.24) is 19.7 Å². The molecule has 0 radical (unpaired) electrons.